The molecule has 1 fully saturated rings. The summed E-state index contributed by atoms with van der Waals surface area (Å²) in [6, 6.07) is 19.1. The van der Waals surface area contributed by atoms with Gasteiger partial charge in [0, 0.05) is 80.4 Å². The Balaban J connectivity index is 1.04. The highest BCUT2D eigenvalue weighted by Gasteiger charge is 2.25. The van der Waals surface area contributed by atoms with Crippen molar-refractivity contribution in [3.63, 3.8) is 0 Å². The zero-order chi connectivity index (χ0) is 37.1. The molecule has 2 aromatic carbocycles. The molecule has 3 heterocycles. The van der Waals surface area contributed by atoms with Crippen molar-refractivity contribution in [2.24, 2.45) is 0 Å². The monoisotopic (exact) mass is 727 g/mol. The molecule has 276 valence electrons. The Kier molecular flexibility index (Phi) is 13.3. The molecule has 0 spiro atoms. The van der Waals surface area contributed by atoms with Crippen LogP contribution in [0.3, 0.4) is 0 Å². The fourth-order valence-electron chi connectivity index (χ4n) is 5.61. The number of anilines is 3. The van der Waals surface area contributed by atoms with Crippen LogP contribution in [-0.2, 0) is 16.1 Å². The molecule has 0 unspecified atom stereocenters. The normalized spacial score (nSPS) is 14.2. The first-order valence-corrected chi connectivity index (χ1v) is 18.0. The van der Waals surface area contributed by atoms with Crippen molar-refractivity contribution in [1.82, 2.24) is 34.9 Å². The van der Waals surface area contributed by atoms with E-state index >= 15 is 0 Å². The number of carbonyl (C=O) groups excluding carboxylic acids is 2. The Labute approximate surface area is 311 Å². The van der Waals surface area contributed by atoms with Gasteiger partial charge in [-0.2, -0.15) is 0 Å². The number of aromatic nitrogens is 3. The van der Waals surface area contributed by atoms with E-state index in [4.69, 9.17) is 16.5 Å². The van der Waals surface area contributed by atoms with Gasteiger partial charge in [-0.3, -0.25) is 24.4 Å². The van der Waals surface area contributed by atoms with E-state index in [0.29, 0.717) is 43.3 Å². The first-order chi connectivity index (χ1) is 24.9. The minimum Gasteiger partial charge on any atom is -0.374 e. The number of aryl methyl sites for hydroxylation is 1. The number of amides is 2. The van der Waals surface area contributed by atoms with Crippen LogP contribution in [-0.4, -0.2) is 93.6 Å². The van der Waals surface area contributed by atoms with Crippen LogP contribution in [0.4, 0.5) is 17.3 Å². The van der Waals surface area contributed by atoms with Gasteiger partial charge < -0.3 is 20.7 Å². The molecule has 2 amide bonds. The molecule has 1 saturated heterocycles. The number of pyridine rings is 1. The summed E-state index contributed by atoms with van der Waals surface area (Å²) in [5, 5.41) is 9.34. The number of halogens is 1. The highest BCUT2D eigenvalue weighted by atomic mass is 35.5. The first kappa shape index (κ1) is 38.8. The summed E-state index contributed by atoms with van der Waals surface area (Å²) in [5.41, 5.74) is 5.11. The highest BCUT2D eigenvalue weighted by Crippen LogP contribution is 2.25. The van der Waals surface area contributed by atoms with Gasteiger partial charge in [-0.15, -0.1) is 0 Å². The van der Waals surface area contributed by atoms with Gasteiger partial charge in [0.2, 0.25) is 11.9 Å². The molecular formula is C39H50ClN9O3. The molecule has 52 heavy (non-hydrogen) atoms. The topological polar surface area (TPSA) is 137 Å². The molecule has 0 bridgehead atoms. The van der Waals surface area contributed by atoms with Crippen LogP contribution in [0.2, 0.25) is 0 Å². The molecule has 12 nitrogen and oxygen atoms in total. The summed E-state index contributed by atoms with van der Waals surface area (Å²) in [6.07, 6.45) is 5.89. The average molecular weight is 728 g/mol. The molecule has 0 saturated carbocycles. The summed E-state index contributed by atoms with van der Waals surface area (Å²) < 4.78 is 6.02. The highest BCUT2D eigenvalue weighted by molar-refractivity contribution is 6.13. The van der Waals surface area contributed by atoms with Crippen molar-refractivity contribution in [2.75, 3.05) is 56.5 Å². The third-order valence-corrected chi connectivity index (χ3v) is 9.45. The lowest BCUT2D eigenvalue weighted by molar-refractivity contribution is -0.123. The van der Waals surface area contributed by atoms with E-state index in [-0.39, 0.29) is 23.0 Å². The summed E-state index contributed by atoms with van der Waals surface area (Å²) in [5.74, 6) is 0.292. The van der Waals surface area contributed by atoms with Crippen molar-refractivity contribution in [3.8, 4) is 11.3 Å². The first-order valence-electron chi connectivity index (χ1n) is 17.6. The standard InChI is InChI=1S/C39H50ClN9O3/c1-28-8-13-32(23-34(28)46-37-43-17-14-33(45-37)31-7-6-16-41-24-31)44-36(51)30-11-9-29(10-12-30)25-48-19-21-49(22-20-48)26-35(50)42-18-15-39(4,5)52-27-38(2,3)47-40/h6-14,16-17,23-24,47H,15,18-22,25-27H2,1-5H3,(H,42,50)(H,44,51)(H,43,45,46). The zero-order valence-electron chi connectivity index (χ0n) is 30.7. The molecular weight excluding hydrogens is 678 g/mol. The van der Waals surface area contributed by atoms with Crippen LogP contribution in [0.5, 0.6) is 0 Å². The van der Waals surface area contributed by atoms with Crippen molar-refractivity contribution in [2.45, 2.75) is 58.7 Å². The van der Waals surface area contributed by atoms with E-state index in [1.54, 1.807) is 18.6 Å². The van der Waals surface area contributed by atoms with Gasteiger partial charge in [-0.25, -0.2) is 14.8 Å². The molecule has 1 aliphatic heterocycles. The molecule has 4 aromatic rings. The Hall–Kier alpha value is -4.46. The van der Waals surface area contributed by atoms with Gasteiger partial charge in [-0.1, -0.05) is 18.2 Å². The number of nitrogens with one attached hydrogen (secondary N) is 4. The van der Waals surface area contributed by atoms with E-state index in [0.717, 1.165) is 60.8 Å². The third-order valence-electron chi connectivity index (χ3n) is 8.94. The van der Waals surface area contributed by atoms with Crippen LogP contribution >= 0.6 is 11.8 Å². The number of rotatable bonds is 16. The van der Waals surface area contributed by atoms with Crippen molar-refractivity contribution in [1.29, 1.82) is 0 Å². The number of hydrogen-bond donors (Lipinski definition) is 4. The lowest BCUT2D eigenvalue weighted by atomic mass is 10.0. The van der Waals surface area contributed by atoms with Crippen LogP contribution in [0.25, 0.3) is 11.3 Å². The molecule has 13 heteroatoms. The molecule has 4 N–H and O–H groups in total. The minimum absolute atomic E-state index is 0.0274. The maximum absolute atomic E-state index is 13.2. The predicted octanol–water partition coefficient (Wildman–Crippen LogP) is 5.78. The lowest BCUT2D eigenvalue weighted by Gasteiger charge is -2.34. The number of piperazine rings is 1. The number of benzene rings is 2. The van der Waals surface area contributed by atoms with E-state index in [1.165, 1.54) is 0 Å². The Bertz CT molecular complexity index is 1780. The minimum atomic E-state index is -0.374. The number of hydrogen-bond acceptors (Lipinski definition) is 10. The van der Waals surface area contributed by atoms with E-state index in [1.807, 2.05) is 95.3 Å². The van der Waals surface area contributed by atoms with Gasteiger partial charge in [-0.05, 0) is 106 Å². The summed E-state index contributed by atoms with van der Waals surface area (Å²) in [7, 11) is 0. The van der Waals surface area contributed by atoms with Gasteiger partial charge in [0.1, 0.15) is 0 Å². The van der Waals surface area contributed by atoms with Gasteiger partial charge >= 0.3 is 0 Å². The molecule has 0 radical (unpaired) electrons. The molecule has 0 aliphatic carbocycles. The van der Waals surface area contributed by atoms with Crippen molar-refractivity contribution >= 4 is 40.9 Å². The fourth-order valence-corrected chi connectivity index (χ4v) is 5.67. The van der Waals surface area contributed by atoms with E-state index in [9.17, 15) is 9.59 Å². The summed E-state index contributed by atoms with van der Waals surface area (Å²) in [6.45, 7) is 15.5. The number of carbonyl (C=O) groups is 2. The van der Waals surface area contributed by atoms with Crippen LogP contribution < -0.4 is 20.8 Å². The molecule has 1 aliphatic rings. The molecule has 0 atom stereocenters. The second-order valence-corrected chi connectivity index (χ2v) is 14.7. The predicted molar refractivity (Wildman–Crippen MR) is 207 cm³/mol. The Morgan fingerprint density at radius 1 is 0.942 bits per heavy atom. The van der Waals surface area contributed by atoms with Crippen LogP contribution in [0.15, 0.2) is 79.3 Å². The lowest BCUT2D eigenvalue weighted by Crippen LogP contribution is -2.49. The SMILES string of the molecule is Cc1ccc(NC(=O)c2ccc(CN3CCN(CC(=O)NCCC(C)(C)OCC(C)(C)NCl)CC3)cc2)cc1Nc1nccc(-c2cccnc2)n1. The average Bonchev–Trinajstić information content (AvgIpc) is 3.14. The largest absolute Gasteiger partial charge is 0.374 e. The number of nitrogens with zero attached hydrogens (tertiary/aromatic N) is 5. The van der Waals surface area contributed by atoms with E-state index < -0.39 is 0 Å². The van der Waals surface area contributed by atoms with Gasteiger partial charge in [0.25, 0.3) is 5.91 Å². The molecule has 5 rings (SSSR count). The van der Waals surface area contributed by atoms with E-state index in [2.05, 4.69) is 45.5 Å². The second-order valence-electron chi connectivity index (χ2n) is 14.5. The van der Waals surface area contributed by atoms with Crippen molar-refractivity contribution < 1.29 is 14.3 Å². The second kappa shape index (κ2) is 17.8. The Morgan fingerprint density at radius 3 is 2.40 bits per heavy atom. The number of ether oxygens (including phenoxy) is 1. The quantitative estimate of drug-likeness (QED) is 0.105. The Morgan fingerprint density at radius 2 is 1.69 bits per heavy atom. The summed E-state index contributed by atoms with van der Waals surface area (Å²) in [4.78, 5) is 46.2. The molecule has 2 aromatic heterocycles. The summed E-state index contributed by atoms with van der Waals surface area (Å²) >= 11 is 5.77. The smallest absolute Gasteiger partial charge is 0.255 e. The maximum Gasteiger partial charge on any atom is 0.255 e. The van der Waals surface area contributed by atoms with Crippen LogP contribution in [0, 0.1) is 6.92 Å². The maximum atomic E-state index is 13.2. The van der Waals surface area contributed by atoms with Crippen molar-refractivity contribution in [3.05, 3.63) is 95.9 Å². The fraction of sp³-hybridized carbons (Fsp3) is 0.410. The third kappa shape index (κ3) is 11.8. The van der Waals surface area contributed by atoms with Gasteiger partial charge in [0.05, 0.1) is 30.0 Å². The van der Waals surface area contributed by atoms with Crippen LogP contribution in [0.1, 0.15) is 55.6 Å². The zero-order valence-corrected chi connectivity index (χ0v) is 31.5. The van der Waals surface area contributed by atoms with Gasteiger partial charge in [0.15, 0.2) is 0 Å².